The predicted molar refractivity (Wildman–Crippen MR) is 462 cm³/mol. The molecule has 620 valence electrons. The fraction of sp³-hybridized carbons (Fsp3) is 0.234. The van der Waals surface area contributed by atoms with Crippen LogP contribution in [0, 0.1) is 34.0 Å². The zero-order valence-electron chi connectivity index (χ0n) is 64.9. The number of carbonyl (C=O) groups is 3. The molecule has 3 aliphatic heterocycles. The van der Waals surface area contributed by atoms with E-state index in [-0.39, 0.29) is 43.7 Å². The molecule has 0 spiro atoms. The van der Waals surface area contributed by atoms with Crippen molar-refractivity contribution >= 4 is 104 Å². The number of hydrogen-bond acceptors (Lipinski definition) is 12. The van der Waals surface area contributed by atoms with Crippen molar-refractivity contribution in [3.8, 4) is 51.6 Å². The molecule has 0 radical (unpaired) electrons. The first-order valence-corrected chi connectivity index (χ1v) is 40.8. The molecule has 27 heteroatoms. The summed E-state index contributed by atoms with van der Waals surface area (Å²) in [6.45, 7) is 3.57. The molecule has 121 heavy (non-hydrogen) atoms. The third-order valence-corrected chi connectivity index (χ3v) is 22.5. The Labute approximate surface area is 727 Å². The van der Waals surface area contributed by atoms with Crippen LogP contribution in [0.4, 0.5) is 43.4 Å². The first-order valence-electron chi connectivity index (χ1n) is 38.5. The molecular weight excluding hydrogens is 1680 g/mol. The number of nitrogens with one attached hydrogen (secondary N) is 4. The number of ether oxygens (including phenoxy) is 3. The van der Waals surface area contributed by atoms with Gasteiger partial charge in [-0.25, -0.2) is 0 Å². The second kappa shape index (κ2) is 40.8. The van der Waals surface area contributed by atoms with Gasteiger partial charge in [-0.05, 0) is 216 Å². The van der Waals surface area contributed by atoms with E-state index >= 15 is 0 Å². The summed E-state index contributed by atoms with van der Waals surface area (Å²) in [5.41, 5.74) is 8.86. The summed E-state index contributed by atoms with van der Waals surface area (Å²) in [7, 11) is 0. The van der Waals surface area contributed by atoms with Gasteiger partial charge in [0.05, 0.1) is 62.8 Å². The summed E-state index contributed by atoms with van der Waals surface area (Å²) in [6.07, 6.45) is -5.37. The van der Waals surface area contributed by atoms with Crippen LogP contribution in [0.25, 0.3) is 33.4 Å². The molecule has 0 saturated carbocycles. The lowest BCUT2D eigenvalue weighted by Gasteiger charge is -2.42. The lowest BCUT2D eigenvalue weighted by atomic mass is 9.83. The van der Waals surface area contributed by atoms with Crippen LogP contribution in [0.15, 0.2) is 249 Å². The predicted octanol–water partition coefficient (Wildman–Crippen LogP) is 23.2. The largest absolute Gasteiger partial charge is 0.416 e. The first kappa shape index (κ1) is 89.6. The molecule has 11 aromatic carbocycles. The Kier molecular flexibility index (Phi) is 30.2. The van der Waals surface area contributed by atoms with Crippen molar-refractivity contribution in [3.63, 3.8) is 0 Å². The number of benzene rings is 11. The molecule has 3 saturated heterocycles. The van der Waals surface area contributed by atoms with Crippen LogP contribution in [0.3, 0.4) is 0 Å². The molecule has 3 amide bonds. The quantitative estimate of drug-likeness (QED) is 0.0468. The average Bonchev–Trinajstić information content (AvgIpc) is 0.787. The van der Waals surface area contributed by atoms with Crippen LogP contribution in [-0.4, -0.2) is 86.6 Å². The van der Waals surface area contributed by atoms with Gasteiger partial charge in [-0.3, -0.25) is 24.2 Å². The lowest BCUT2D eigenvalue weighted by Crippen LogP contribution is -2.45. The lowest BCUT2D eigenvalue weighted by molar-refractivity contribution is -0.139. The topological polar surface area (TPSA) is 205 Å². The smallest absolute Gasteiger partial charge is 0.360 e. The highest BCUT2D eigenvalue weighted by Gasteiger charge is 2.42. The van der Waals surface area contributed by atoms with Gasteiger partial charge in [0.2, 0.25) is 17.7 Å². The van der Waals surface area contributed by atoms with Gasteiger partial charge in [0.15, 0.2) is 0 Å². The van der Waals surface area contributed by atoms with Gasteiger partial charge in [-0.15, -0.1) is 0 Å². The van der Waals surface area contributed by atoms with Crippen molar-refractivity contribution in [2.45, 2.75) is 80.8 Å². The number of amides is 3. The van der Waals surface area contributed by atoms with E-state index in [0.717, 1.165) is 88.1 Å². The van der Waals surface area contributed by atoms with Crippen LogP contribution in [0.1, 0.15) is 94.2 Å². The van der Waals surface area contributed by atoms with Crippen LogP contribution in [-0.2, 0) is 70.8 Å². The Morgan fingerprint density at radius 3 is 1.04 bits per heavy atom. The van der Waals surface area contributed by atoms with Crippen molar-refractivity contribution in [1.29, 1.82) is 15.8 Å². The number of hydrogen-bond donors (Lipinski definition) is 4. The van der Waals surface area contributed by atoms with Crippen molar-refractivity contribution in [3.05, 3.63) is 334 Å². The Hall–Kier alpha value is -10.6. The minimum atomic E-state index is -4.44. The van der Waals surface area contributed by atoms with Crippen molar-refractivity contribution < 1.29 is 54.9 Å². The summed E-state index contributed by atoms with van der Waals surface area (Å²) >= 11 is 36.3. The van der Waals surface area contributed by atoms with Crippen molar-refractivity contribution in [2.24, 2.45) is 0 Å². The molecule has 0 unspecified atom stereocenters. The van der Waals surface area contributed by atoms with E-state index in [0.29, 0.717) is 128 Å². The maximum atomic E-state index is 13.6. The molecule has 3 heterocycles. The van der Waals surface area contributed by atoms with E-state index in [2.05, 4.69) is 44.4 Å². The van der Waals surface area contributed by atoms with Crippen LogP contribution < -0.4 is 21.3 Å². The number of piperidine rings is 3. The number of carbonyl (C=O) groups excluding carboxylic acids is 3. The summed E-state index contributed by atoms with van der Waals surface area (Å²) in [6, 6.07) is 77.8. The SMILES string of the molecule is N#Cc1cccc(-c2ccc(C3(OCC(=O)Nc4cc(Cl)cc(Cl)c4)CCN(Cc4cccc(C(F)(F)F)c4)CC3)cc2)c1.N#Cc1cccc(-c2ccc(C3(OCC(=O)Nc4cc(Cl)cc(Cl)c4)CCN(Cc4ccccc4C(F)(F)F)CC3)cc2)c1.N#Cc1cccc(-c2ccc(C3(OCC(=O)Nc4cc(Cl)cc(Cl)c4)CCNCC3)cc2)c1. The molecule has 0 atom stereocenters. The maximum absolute atomic E-state index is 13.6. The number of anilines is 3. The summed E-state index contributed by atoms with van der Waals surface area (Å²) < 4.78 is 99.6. The number of nitrogens with zero attached hydrogens (tertiary/aromatic N) is 5. The molecule has 11 aromatic rings. The van der Waals surface area contributed by atoms with Crippen molar-refractivity contribution in [1.82, 2.24) is 15.1 Å². The molecule has 0 aromatic heterocycles. The standard InChI is InChI=1S/2C34H28Cl2F3N3O2.C26H23Cl2N3O2/c35-29-17-30(36)19-31(18-29)41-32(43)22-44-33(27-9-7-25(8-10-27)26-5-1-3-23(15-26)20-40)11-13-42(14-12-33)21-24-4-2-6-28(16-24)34(37,38)39;35-28-17-29(36)19-30(18-28)41-32(43)22-44-33(27-10-8-24(9-11-27)25-6-3-4-23(16-25)20-40)12-14-42(15-13-33)21-26-5-1-2-7-31(26)34(37,38)39;27-22-13-23(28)15-24(14-22)31-25(32)17-33-26(8-10-30-11-9-26)21-6-4-19(5-7-21)20-3-1-2-18(12-20)16-29/h1-10,15-19H,11-14,21-22H2,(H,41,43);1-11,16-19H,12-15,21-22H2,(H,41,43);1-7,12-15,30H,8-11,17H2,(H,31,32). The van der Waals surface area contributed by atoms with Gasteiger partial charge in [0.25, 0.3) is 0 Å². The number of halogens is 12. The van der Waals surface area contributed by atoms with Crippen LogP contribution in [0.5, 0.6) is 0 Å². The zero-order valence-corrected chi connectivity index (χ0v) is 69.4. The second-order valence-corrected chi connectivity index (χ2v) is 32.1. The molecule has 15 nitrogen and oxygen atoms in total. The van der Waals surface area contributed by atoms with Crippen LogP contribution >= 0.6 is 69.6 Å². The average molecular weight is 1760 g/mol. The Bertz CT molecular complexity index is 5570. The number of rotatable bonds is 22. The molecule has 4 N–H and O–H groups in total. The molecular formula is C94H79Cl6F6N9O6. The summed E-state index contributed by atoms with van der Waals surface area (Å²) in [5.74, 6) is -1.04. The van der Waals surface area contributed by atoms with Gasteiger partial charge in [-0.2, -0.15) is 42.1 Å². The number of likely N-dealkylation sites (tertiary alicyclic amines) is 2. The highest BCUT2D eigenvalue weighted by Crippen LogP contribution is 2.43. The van der Waals surface area contributed by atoms with Crippen molar-refractivity contribution in [2.75, 3.05) is 75.0 Å². The van der Waals surface area contributed by atoms with E-state index in [9.17, 15) is 51.2 Å². The molecule has 0 aliphatic carbocycles. The Morgan fingerprint density at radius 2 is 0.702 bits per heavy atom. The highest BCUT2D eigenvalue weighted by atomic mass is 35.5. The van der Waals surface area contributed by atoms with Gasteiger partial charge < -0.3 is 35.5 Å². The van der Waals surface area contributed by atoms with E-state index in [4.69, 9.17) is 89.1 Å². The third kappa shape index (κ3) is 24.6. The Balaban J connectivity index is 0.000000168. The molecule has 3 aliphatic rings. The fourth-order valence-corrected chi connectivity index (χ4v) is 16.7. The second-order valence-electron chi connectivity index (χ2n) is 29.4. The minimum absolute atomic E-state index is 0.0872. The molecule has 0 bridgehead atoms. The maximum Gasteiger partial charge on any atom is 0.416 e. The van der Waals surface area contributed by atoms with E-state index < -0.39 is 46.2 Å². The minimum Gasteiger partial charge on any atom is -0.360 e. The monoisotopic (exact) mass is 1750 g/mol. The van der Waals surface area contributed by atoms with E-state index in [1.807, 2.05) is 132 Å². The van der Waals surface area contributed by atoms with Gasteiger partial charge in [-0.1, -0.05) is 215 Å². The number of alkyl halides is 6. The summed E-state index contributed by atoms with van der Waals surface area (Å²) in [4.78, 5) is 42.5. The molecule has 14 rings (SSSR count). The summed E-state index contributed by atoms with van der Waals surface area (Å²) in [5, 5.41) is 41.8. The Morgan fingerprint density at radius 1 is 0.372 bits per heavy atom. The van der Waals surface area contributed by atoms with E-state index in [1.54, 1.807) is 84.9 Å². The third-order valence-electron chi connectivity index (χ3n) is 21.2. The fourth-order valence-electron chi connectivity index (χ4n) is 15.1. The van der Waals surface area contributed by atoms with Gasteiger partial charge in [0, 0.05) is 86.5 Å². The van der Waals surface area contributed by atoms with E-state index in [1.165, 1.54) is 24.3 Å². The highest BCUT2D eigenvalue weighted by molar-refractivity contribution is 6.36. The first-order chi connectivity index (χ1) is 58.0. The van der Waals surface area contributed by atoms with Gasteiger partial charge in [0.1, 0.15) is 19.8 Å². The number of nitriles is 3. The normalized spacial score (nSPS) is 15.0. The van der Waals surface area contributed by atoms with Gasteiger partial charge >= 0.3 is 12.4 Å². The zero-order chi connectivity index (χ0) is 85.9. The van der Waals surface area contributed by atoms with Crippen LogP contribution in [0.2, 0.25) is 30.1 Å². The molecule has 3 fully saturated rings.